The number of nitrogens with zero attached hydrogens (tertiary/aromatic N) is 1. The summed E-state index contributed by atoms with van der Waals surface area (Å²) >= 11 is 0. The van der Waals surface area contributed by atoms with Gasteiger partial charge in [0.1, 0.15) is 6.29 Å². The summed E-state index contributed by atoms with van der Waals surface area (Å²) < 4.78 is 0. The Hall–Kier alpha value is -2.23. The molecule has 0 saturated carbocycles. The Morgan fingerprint density at radius 3 is 3.06 bits per heavy atom. The van der Waals surface area contributed by atoms with Crippen LogP contribution >= 0.6 is 0 Å². The smallest absolute Gasteiger partial charge is 0.258 e. The molecule has 0 aliphatic carbocycles. The molecule has 1 heterocycles. The van der Waals surface area contributed by atoms with Gasteiger partial charge in [0.15, 0.2) is 0 Å². The molecule has 0 unspecified atom stereocenters. The highest BCUT2D eigenvalue weighted by atomic mass is 16.1. The number of H-pyrrole nitrogens is 1. The summed E-state index contributed by atoms with van der Waals surface area (Å²) in [5, 5.41) is 0.565. The van der Waals surface area contributed by atoms with Gasteiger partial charge >= 0.3 is 0 Å². The molecule has 0 amide bonds. The third-order valence-corrected chi connectivity index (χ3v) is 2.21. The molecule has 0 aliphatic rings. The van der Waals surface area contributed by atoms with Crippen molar-refractivity contribution in [3.63, 3.8) is 0 Å². The molecule has 0 atom stereocenters. The molecule has 0 bridgehead atoms. The summed E-state index contributed by atoms with van der Waals surface area (Å²) in [6.07, 6.45) is 6.20. The minimum absolute atomic E-state index is 0.145. The molecule has 4 nitrogen and oxygen atoms in total. The Morgan fingerprint density at radius 2 is 2.25 bits per heavy atom. The monoisotopic (exact) mass is 214 g/mol. The van der Waals surface area contributed by atoms with E-state index in [0.29, 0.717) is 17.3 Å². The maximum Gasteiger partial charge on any atom is 0.258 e. The standard InChI is InChI=1S/C12H10N2O2/c15-6-2-1-3-9-4-5-10-11(7-9)13-8-14-12(10)16/h1,3-8H,2H2,(H,13,14,16). The number of aromatic nitrogens is 2. The summed E-state index contributed by atoms with van der Waals surface area (Å²) in [6, 6.07) is 5.36. The van der Waals surface area contributed by atoms with E-state index in [0.717, 1.165) is 11.8 Å². The Bertz CT molecular complexity index is 599. The number of nitrogens with one attached hydrogen (secondary N) is 1. The van der Waals surface area contributed by atoms with Crippen molar-refractivity contribution in [2.75, 3.05) is 0 Å². The first-order valence-electron chi connectivity index (χ1n) is 4.89. The van der Waals surface area contributed by atoms with E-state index in [-0.39, 0.29) is 5.56 Å². The van der Waals surface area contributed by atoms with Gasteiger partial charge in [0, 0.05) is 6.42 Å². The molecule has 0 radical (unpaired) electrons. The number of hydrogen-bond acceptors (Lipinski definition) is 3. The molecule has 1 aromatic heterocycles. The number of fused-ring (bicyclic) bond motifs is 1. The van der Waals surface area contributed by atoms with E-state index in [9.17, 15) is 9.59 Å². The second-order valence-electron chi connectivity index (χ2n) is 3.31. The third kappa shape index (κ3) is 2.06. The van der Waals surface area contributed by atoms with Gasteiger partial charge in [-0.3, -0.25) is 4.79 Å². The van der Waals surface area contributed by atoms with Crippen molar-refractivity contribution in [1.29, 1.82) is 0 Å². The normalized spacial score (nSPS) is 11.0. The molecule has 0 saturated heterocycles. The molecule has 2 rings (SSSR count). The van der Waals surface area contributed by atoms with Gasteiger partial charge in [-0.15, -0.1) is 0 Å². The first kappa shape index (κ1) is 10.3. The maximum absolute atomic E-state index is 11.4. The number of aromatic amines is 1. The number of hydrogen-bond donors (Lipinski definition) is 1. The van der Waals surface area contributed by atoms with Crippen molar-refractivity contribution in [1.82, 2.24) is 9.97 Å². The average molecular weight is 214 g/mol. The highest BCUT2D eigenvalue weighted by molar-refractivity contribution is 5.80. The maximum atomic E-state index is 11.4. The van der Waals surface area contributed by atoms with Crippen LogP contribution in [-0.4, -0.2) is 16.3 Å². The van der Waals surface area contributed by atoms with Crippen LogP contribution in [0.15, 0.2) is 35.4 Å². The number of rotatable bonds is 3. The predicted molar refractivity (Wildman–Crippen MR) is 62.1 cm³/mol. The molecule has 1 aromatic carbocycles. The predicted octanol–water partition coefficient (Wildman–Crippen LogP) is 1.53. The molecule has 16 heavy (non-hydrogen) atoms. The van der Waals surface area contributed by atoms with Crippen LogP contribution in [0.5, 0.6) is 0 Å². The van der Waals surface area contributed by atoms with Gasteiger partial charge in [-0.05, 0) is 17.7 Å². The van der Waals surface area contributed by atoms with Crippen LogP contribution in [0, 0.1) is 0 Å². The lowest BCUT2D eigenvalue weighted by atomic mass is 10.1. The molecular formula is C12H10N2O2. The van der Waals surface area contributed by atoms with Gasteiger partial charge < -0.3 is 9.78 Å². The van der Waals surface area contributed by atoms with E-state index < -0.39 is 0 Å². The van der Waals surface area contributed by atoms with Gasteiger partial charge in [0.05, 0.1) is 17.2 Å². The largest absolute Gasteiger partial charge is 0.313 e. The zero-order valence-corrected chi connectivity index (χ0v) is 8.51. The van der Waals surface area contributed by atoms with Crippen LogP contribution in [0.2, 0.25) is 0 Å². The fourth-order valence-corrected chi connectivity index (χ4v) is 1.45. The molecule has 80 valence electrons. The highest BCUT2D eigenvalue weighted by Crippen LogP contribution is 2.10. The molecule has 4 heteroatoms. The lowest BCUT2D eigenvalue weighted by molar-refractivity contribution is -0.107. The average Bonchev–Trinajstić information content (AvgIpc) is 2.30. The summed E-state index contributed by atoms with van der Waals surface area (Å²) in [7, 11) is 0. The minimum Gasteiger partial charge on any atom is -0.313 e. The second kappa shape index (κ2) is 4.53. The highest BCUT2D eigenvalue weighted by Gasteiger charge is 1.98. The summed E-state index contributed by atoms with van der Waals surface area (Å²) in [4.78, 5) is 28.1. The van der Waals surface area contributed by atoms with Crippen molar-refractivity contribution in [3.8, 4) is 0 Å². The summed E-state index contributed by atoms with van der Waals surface area (Å²) in [6.45, 7) is 0. The minimum atomic E-state index is -0.145. The summed E-state index contributed by atoms with van der Waals surface area (Å²) in [5.74, 6) is 0. The van der Waals surface area contributed by atoms with Gasteiger partial charge in [-0.25, -0.2) is 4.98 Å². The van der Waals surface area contributed by atoms with Crippen LogP contribution in [0.3, 0.4) is 0 Å². The van der Waals surface area contributed by atoms with Gasteiger partial charge in [-0.1, -0.05) is 18.2 Å². The van der Waals surface area contributed by atoms with E-state index in [2.05, 4.69) is 9.97 Å². The zero-order chi connectivity index (χ0) is 11.4. The Kier molecular flexibility index (Phi) is 2.91. The third-order valence-electron chi connectivity index (χ3n) is 2.21. The molecular weight excluding hydrogens is 204 g/mol. The van der Waals surface area contributed by atoms with Crippen molar-refractivity contribution in [2.45, 2.75) is 6.42 Å². The van der Waals surface area contributed by atoms with Crippen LogP contribution in [0.25, 0.3) is 17.0 Å². The van der Waals surface area contributed by atoms with E-state index in [1.54, 1.807) is 12.1 Å². The quantitative estimate of drug-likeness (QED) is 0.788. The fraction of sp³-hybridized carbons (Fsp3) is 0.0833. The second-order valence-corrected chi connectivity index (χ2v) is 3.31. The zero-order valence-electron chi connectivity index (χ0n) is 8.51. The molecule has 1 N–H and O–H groups in total. The first-order valence-corrected chi connectivity index (χ1v) is 4.89. The van der Waals surface area contributed by atoms with Crippen LogP contribution in [0.1, 0.15) is 12.0 Å². The number of carbonyl (C=O) groups is 1. The Balaban J connectivity index is 2.45. The topological polar surface area (TPSA) is 62.8 Å². The number of aldehydes is 1. The van der Waals surface area contributed by atoms with Gasteiger partial charge in [-0.2, -0.15) is 0 Å². The molecule has 2 aromatic rings. The van der Waals surface area contributed by atoms with Crippen molar-refractivity contribution >= 4 is 23.3 Å². The van der Waals surface area contributed by atoms with Gasteiger partial charge in [0.25, 0.3) is 5.56 Å². The van der Waals surface area contributed by atoms with Crippen molar-refractivity contribution in [2.24, 2.45) is 0 Å². The Morgan fingerprint density at radius 1 is 1.38 bits per heavy atom. The lowest BCUT2D eigenvalue weighted by Gasteiger charge is -1.97. The van der Waals surface area contributed by atoms with E-state index in [1.165, 1.54) is 6.33 Å². The van der Waals surface area contributed by atoms with E-state index in [4.69, 9.17) is 0 Å². The van der Waals surface area contributed by atoms with Crippen molar-refractivity contribution in [3.05, 3.63) is 46.5 Å². The first-order chi connectivity index (χ1) is 7.81. The lowest BCUT2D eigenvalue weighted by Crippen LogP contribution is -2.05. The summed E-state index contributed by atoms with van der Waals surface area (Å²) in [5.41, 5.74) is 1.43. The van der Waals surface area contributed by atoms with Crippen molar-refractivity contribution < 1.29 is 4.79 Å². The Labute approximate surface area is 91.6 Å². The van der Waals surface area contributed by atoms with E-state index in [1.807, 2.05) is 18.2 Å². The van der Waals surface area contributed by atoms with Gasteiger partial charge in [0.2, 0.25) is 0 Å². The van der Waals surface area contributed by atoms with E-state index >= 15 is 0 Å². The molecule has 0 aliphatic heterocycles. The molecule has 0 fully saturated rings. The fourth-order valence-electron chi connectivity index (χ4n) is 1.45. The number of allylic oxidation sites excluding steroid dienone is 1. The molecule has 0 spiro atoms. The number of benzene rings is 1. The van der Waals surface area contributed by atoms with Crippen LogP contribution < -0.4 is 5.56 Å². The SMILES string of the molecule is O=CCC=Cc1ccc2c(=O)[nH]cnc2c1. The number of carbonyl (C=O) groups excluding carboxylic acids is 1. The van der Waals surface area contributed by atoms with Crippen LogP contribution in [0.4, 0.5) is 0 Å². The van der Waals surface area contributed by atoms with Crippen LogP contribution in [-0.2, 0) is 4.79 Å².